The number of rotatable bonds is 4. The van der Waals surface area contributed by atoms with Crippen molar-refractivity contribution in [3.05, 3.63) is 9.93 Å². The number of fused-ring (bicyclic) bond motifs is 1. The standard InChI is InChI=1S/C14H17N3O4S3/c1-6(18)8-10(19)17-9(12(20)21)13(24-11(8)17)23-7-4-16(5-7)14-15-2-3-22-14/h6-8,11,18H,2-5H2,1H3,(H,20,21)/t6?,8-,11+/m1/s1. The number of hydrogen-bond acceptors (Lipinski definition) is 8. The summed E-state index contributed by atoms with van der Waals surface area (Å²) >= 11 is 4.70. The maximum atomic E-state index is 12.2. The molecule has 2 N–H and O–H groups in total. The molecular weight excluding hydrogens is 370 g/mol. The monoisotopic (exact) mass is 387 g/mol. The Kier molecular flexibility index (Phi) is 4.26. The van der Waals surface area contributed by atoms with Crippen LogP contribution in [0.1, 0.15) is 6.92 Å². The van der Waals surface area contributed by atoms with Gasteiger partial charge in [-0.1, -0.05) is 23.5 Å². The molecule has 3 atom stereocenters. The molecule has 0 saturated carbocycles. The van der Waals surface area contributed by atoms with Crippen molar-refractivity contribution < 1.29 is 19.8 Å². The zero-order valence-electron chi connectivity index (χ0n) is 12.9. The molecule has 1 amide bonds. The molecule has 130 valence electrons. The zero-order valence-corrected chi connectivity index (χ0v) is 15.4. The van der Waals surface area contributed by atoms with Crippen LogP contribution in [0.2, 0.25) is 0 Å². The molecule has 2 saturated heterocycles. The van der Waals surface area contributed by atoms with E-state index in [1.54, 1.807) is 18.7 Å². The van der Waals surface area contributed by atoms with Crippen LogP contribution >= 0.6 is 35.3 Å². The second kappa shape index (κ2) is 6.15. The van der Waals surface area contributed by atoms with Crippen LogP contribution < -0.4 is 0 Å². The van der Waals surface area contributed by atoms with Gasteiger partial charge < -0.3 is 15.1 Å². The Labute approximate surface area is 151 Å². The van der Waals surface area contributed by atoms with E-state index in [4.69, 9.17) is 0 Å². The minimum Gasteiger partial charge on any atom is -0.477 e. The lowest BCUT2D eigenvalue weighted by molar-refractivity contribution is -0.156. The number of aliphatic carboxylic acids is 1. The fourth-order valence-corrected chi connectivity index (χ4v) is 7.40. The Balaban J connectivity index is 1.43. The first-order valence-electron chi connectivity index (χ1n) is 7.71. The third-order valence-corrected chi connectivity index (χ3v) is 8.23. The van der Waals surface area contributed by atoms with E-state index in [-0.39, 0.29) is 17.0 Å². The molecule has 1 unspecified atom stereocenters. The summed E-state index contributed by atoms with van der Waals surface area (Å²) in [7, 11) is 0. The summed E-state index contributed by atoms with van der Waals surface area (Å²) < 4.78 is 0.690. The van der Waals surface area contributed by atoms with Crippen molar-refractivity contribution in [2.45, 2.75) is 23.7 Å². The van der Waals surface area contributed by atoms with Crippen molar-refractivity contribution in [2.75, 3.05) is 25.4 Å². The zero-order chi connectivity index (χ0) is 17.0. The number of aliphatic imine (C=N–C) groups is 1. The normalized spacial score (nSPS) is 30.9. The molecule has 2 fully saturated rings. The molecular formula is C14H17N3O4S3. The van der Waals surface area contributed by atoms with E-state index in [0.29, 0.717) is 9.49 Å². The number of carboxylic acids is 1. The second-order valence-corrected chi connectivity index (χ2v) is 9.84. The van der Waals surface area contributed by atoms with Gasteiger partial charge in [-0.2, -0.15) is 0 Å². The summed E-state index contributed by atoms with van der Waals surface area (Å²) in [4.78, 5) is 31.8. The predicted octanol–water partition coefficient (Wildman–Crippen LogP) is 0.672. The first kappa shape index (κ1) is 16.6. The topological polar surface area (TPSA) is 93.4 Å². The number of likely N-dealkylation sites (tertiary alicyclic amines) is 1. The van der Waals surface area contributed by atoms with Crippen LogP contribution in [0.25, 0.3) is 0 Å². The first-order chi connectivity index (χ1) is 11.5. The summed E-state index contributed by atoms with van der Waals surface area (Å²) in [5.41, 5.74) is 0.0860. The average Bonchev–Trinajstić information content (AvgIpc) is 3.07. The Morgan fingerprint density at radius 3 is 2.79 bits per heavy atom. The van der Waals surface area contributed by atoms with Crippen LogP contribution in [0.3, 0.4) is 0 Å². The van der Waals surface area contributed by atoms with Gasteiger partial charge in [-0.15, -0.1) is 11.8 Å². The van der Waals surface area contributed by atoms with Gasteiger partial charge in [0.15, 0.2) is 10.9 Å². The summed E-state index contributed by atoms with van der Waals surface area (Å²) in [5.74, 6) is -0.836. The van der Waals surface area contributed by atoms with Gasteiger partial charge in [-0.25, -0.2) is 4.79 Å². The Morgan fingerprint density at radius 2 is 2.21 bits per heavy atom. The largest absolute Gasteiger partial charge is 0.477 e. The Hall–Kier alpha value is -0.840. The Bertz CT molecular complexity index is 660. The van der Waals surface area contributed by atoms with Crippen molar-refractivity contribution in [2.24, 2.45) is 10.9 Å². The van der Waals surface area contributed by atoms with E-state index in [0.717, 1.165) is 30.6 Å². The molecule has 0 aromatic heterocycles. The minimum absolute atomic E-state index is 0.0860. The van der Waals surface area contributed by atoms with Crippen molar-refractivity contribution in [3.63, 3.8) is 0 Å². The van der Waals surface area contributed by atoms with Crippen LogP contribution in [0.15, 0.2) is 14.9 Å². The van der Waals surface area contributed by atoms with E-state index in [2.05, 4.69) is 9.89 Å². The molecule has 0 bridgehead atoms. The van der Waals surface area contributed by atoms with Crippen LogP contribution in [-0.2, 0) is 9.59 Å². The summed E-state index contributed by atoms with van der Waals surface area (Å²) in [6.07, 6.45) is -0.762. The lowest BCUT2D eigenvalue weighted by Crippen LogP contribution is -2.60. The fourth-order valence-electron chi connectivity index (χ4n) is 3.17. The molecule has 0 aliphatic carbocycles. The second-order valence-electron chi connectivity index (χ2n) is 6.08. The van der Waals surface area contributed by atoms with Crippen molar-refractivity contribution in [3.8, 4) is 0 Å². The fraction of sp³-hybridized carbons (Fsp3) is 0.643. The highest BCUT2D eigenvalue weighted by Gasteiger charge is 2.58. The molecule has 10 heteroatoms. The number of β-lactam (4-membered cyclic amide) rings is 1. The third-order valence-electron chi connectivity index (χ3n) is 4.43. The van der Waals surface area contributed by atoms with E-state index in [9.17, 15) is 19.8 Å². The quantitative estimate of drug-likeness (QED) is 0.680. The number of hydrogen-bond donors (Lipinski definition) is 2. The highest BCUT2D eigenvalue weighted by atomic mass is 32.2. The van der Waals surface area contributed by atoms with Crippen LogP contribution in [0.5, 0.6) is 0 Å². The number of amides is 1. The van der Waals surface area contributed by atoms with Crippen LogP contribution in [0, 0.1) is 5.92 Å². The smallest absolute Gasteiger partial charge is 0.354 e. The minimum atomic E-state index is -1.07. The summed E-state index contributed by atoms with van der Waals surface area (Å²) in [5, 5.41) is 20.4. The molecule has 7 nitrogen and oxygen atoms in total. The van der Waals surface area contributed by atoms with Gasteiger partial charge in [-0.3, -0.25) is 14.7 Å². The van der Waals surface area contributed by atoms with Crippen molar-refractivity contribution >= 4 is 52.3 Å². The van der Waals surface area contributed by atoms with Crippen LogP contribution in [0.4, 0.5) is 0 Å². The van der Waals surface area contributed by atoms with E-state index >= 15 is 0 Å². The molecule has 4 aliphatic rings. The predicted molar refractivity (Wildman–Crippen MR) is 95.8 cm³/mol. The number of carboxylic acid groups (broad SMARTS) is 1. The van der Waals surface area contributed by atoms with E-state index < -0.39 is 18.0 Å². The summed E-state index contributed by atoms with van der Waals surface area (Å²) in [6.45, 7) is 4.16. The van der Waals surface area contributed by atoms with Gasteiger partial charge in [0.25, 0.3) is 0 Å². The van der Waals surface area contributed by atoms with Gasteiger partial charge in [0.2, 0.25) is 5.91 Å². The number of carbonyl (C=O) groups is 2. The lowest BCUT2D eigenvalue weighted by atomic mass is 9.92. The molecule has 4 heterocycles. The molecule has 0 spiro atoms. The number of nitrogens with zero attached hydrogens (tertiary/aromatic N) is 3. The molecule has 24 heavy (non-hydrogen) atoms. The number of carbonyl (C=O) groups excluding carboxylic acids is 1. The van der Waals surface area contributed by atoms with Gasteiger partial charge in [-0.05, 0) is 6.92 Å². The number of amidine groups is 1. The maximum absolute atomic E-state index is 12.2. The van der Waals surface area contributed by atoms with E-state index in [1.807, 2.05) is 0 Å². The molecule has 4 rings (SSSR count). The molecule has 0 aromatic carbocycles. The van der Waals surface area contributed by atoms with Crippen LogP contribution in [-0.4, -0.2) is 79.2 Å². The Morgan fingerprint density at radius 1 is 1.46 bits per heavy atom. The summed E-state index contributed by atoms with van der Waals surface area (Å²) in [6, 6.07) is 0. The highest BCUT2D eigenvalue weighted by molar-refractivity contribution is 8.23. The molecule has 0 aromatic rings. The number of aliphatic hydroxyl groups excluding tert-OH is 1. The molecule has 0 radical (unpaired) electrons. The van der Waals surface area contributed by atoms with Gasteiger partial charge >= 0.3 is 5.97 Å². The van der Waals surface area contributed by atoms with Gasteiger partial charge in [0.1, 0.15) is 5.37 Å². The van der Waals surface area contributed by atoms with E-state index in [1.165, 1.54) is 28.4 Å². The van der Waals surface area contributed by atoms with Crippen molar-refractivity contribution in [1.82, 2.24) is 9.80 Å². The average molecular weight is 388 g/mol. The number of aliphatic hydroxyl groups is 1. The van der Waals surface area contributed by atoms with Crippen molar-refractivity contribution in [1.29, 1.82) is 0 Å². The van der Waals surface area contributed by atoms with Gasteiger partial charge in [0, 0.05) is 24.1 Å². The SMILES string of the molecule is CC(O)[C@@H]1C(=O)N2C(C(=O)O)=C(SC3CN(C4=NCCS4)C3)S[C@@H]12. The van der Waals surface area contributed by atoms with Gasteiger partial charge in [0.05, 0.1) is 22.8 Å². The first-order valence-corrected chi connectivity index (χ1v) is 10.5. The highest BCUT2D eigenvalue weighted by Crippen LogP contribution is 2.55. The maximum Gasteiger partial charge on any atom is 0.354 e. The number of thioether (sulfide) groups is 3. The molecule has 4 aliphatic heterocycles. The third kappa shape index (κ3) is 2.54. The lowest BCUT2D eigenvalue weighted by Gasteiger charge is -2.43.